The zero-order valence-corrected chi connectivity index (χ0v) is 7.63. The molecule has 0 spiro atoms. The minimum absolute atomic E-state index is 0. The summed E-state index contributed by atoms with van der Waals surface area (Å²) >= 11 is 0.382. The van der Waals surface area contributed by atoms with E-state index in [4.69, 9.17) is 31.8 Å². The summed E-state index contributed by atoms with van der Waals surface area (Å²) in [6, 6.07) is 0. The standard InChI is InChI=1S/C2H8N2.2ClH.Co.2H3N/c3-1-2-4;;;;;/h1-4H2;2*1H;;2*1H3/q;;;+3;;/p-2. The second-order valence-corrected chi connectivity index (χ2v) is 2.34. The van der Waals surface area contributed by atoms with Crippen molar-refractivity contribution in [1.29, 1.82) is 0 Å². The van der Waals surface area contributed by atoms with Gasteiger partial charge in [-0.3, -0.25) is 0 Å². The molecule has 0 unspecified atom stereocenters. The van der Waals surface area contributed by atoms with Crippen LogP contribution in [0, 0.1) is 0 Å². The Bertz CT molecular complexity index is 24.0. The number of hydrogen-bond donors (Lipinski definition) is 4. The predicted molar refractivity (Wildman–Crippen MR) is 39.9 cm³/mol. The molecule has 0 saturated heterocycles. The molecule has 0 aliphatic carbocycles. The van der Waals surface area contributed by atoms with E-state index < -0.39 is 0 Å². The van der Waals surface area contributed by atoms with Gasteiger partial charge in [-0.2, -0.15) is 0 Å². The van der Waals surface area contributed by atoms with Crippen molar-refractivity contribution in [2.45, 2.75) is 0 Å². The Morgan fingerprint density at radius 3 is 1.11 bits per heavy atom. The van der Waals surface area contributed by atoms with E-state index in [0.29, 0.717) is 26.0 Å². The van der Waals surface area contributed by atoms with Crippen LogP contribution in [0.1, 0.15) is 0 Å². The zero-order valence-electron chi connectivity index (χ0n) is 5.07. The molecule has 0 saturated carbocycles. The van der Waals surface area contributed by atoms with Crippen molar-refractivity contribution in [3.8, 4) is 0 Å². The molecule has 0 aromatic carbocycles. The minimum atomic E-state index is 0. The van der Waals surface area contributed by atoms with E-state index in [1.54, 1.807) is 0 Å². The predicted octanol–water partition coefficient (Wildman–Crippen LogP) is 0.604. The first-order valence-corrected chi connectivity index (χ1v) is 4.43. The molecule has 0 amide bonds. The molecule has 0 rings (SSSR count). The Balaban J connectivity index is -0.0000000233. The molecule has 64 valence electrons. The van der Waals surface area contributed by atoms with E-state index in [2.05, 4.69) is 0 Å². The molecule has 9 heavy (non-hydrogen) atoms. The van der Waals surface area contributed by atoms with E-state index >= 15 is 0 Å². The van der Waals surface area contributed by atoms with Crippen LogP contribution in [0.25, 0.3) is 0 Å². The van der Waals surface area contributed by atoms with Crippen molar-refractivity contribution < 1.29 is 12.9 Å². The molecule has 0 radical (unpaired) electrons. The molecule has 4 nitrogen and oxygen atoms in total. The van der Waals surface area contributed by atoms with Crippen molar-refractivity contribution in [1.82, 2.24) is 12.3 Å². The summed E-state index contributed by atoms with van der Waals surface area (Å²) in [5.74, 6) is 0. The molecule has 0 bridgehead atoms. The van der Waals surface area contributed by atoms with Gasteiger partial charge in [-0.1, -0.05) is 0 Å². The van der Waals surface area contributed by atoms with Gasteiger partial charge in [0.05, 0.1) is 0 Å². The Labute approximate surface area is 70.3 Å². The van der Waals surface area contributed by atoms with Crippen molar-refractivity contribution >= 4 is 20.3 Å². The summed E-state index contributed by atoms with van der Waals surface area (Å²) in [6.07, 6.45) is 0. The number of nitrogens with two attached hydrogens (primary N) is 2. The molecule has 0 fully saturated rings. The van der Waals surface area contributed by atoms with Gasteiger partial charge in [-0.15, -0.1) is 0 Å². The molecule has 10 N–H and O–H groups in total. The molecular weight excluding hydrogens is 210 g/mol. The Morgan fingerprint density at radius 1 is 1.00 bits per heavy atom. The third kappa shape index (κ3) is 115. The normalized spacial score (nSPS) is 5.78. The van der Waals surface area contributed by atoms with Crippen LogP contribution >= 0.6 is 20.3 Å². The van der Waals surface area contributed by atoms with Crippen LogP contribution in [-0.2, 0) is 12.9 Å². The molecule has 0 atom stereocenters. The summed E-state index contributed by atoms with van der Waals surface area (Å²) in [6.45, 7) is 1.19. The van der Waals surface area contributed by atoms with E-state index in [0.717, 1.165) is 0 Å². The fraction of sp³-hybridized carbons (Fsp3) is 1.00. The summed E-state index contributed by atoms with van der Waals surface area (Å²) in [5, 5.41) is 0. The Morgan fingerprint density at radius 2 is 1.11 bits per heavy atom. The molecule has 0 aromatic rings. The van der Waals surface area contributed by atoms with Crippen LogP contribution in [0.4, 0.5) is 0 Å². The summed E-state index contributed by atoms with van der Waals surface area (Å²) in [7, 11) is 9.47. The summed E-state index contributed by atoms with van der Waals surface area (Å²) in [5.41, 5.74) is 9.81. The molecule has 0 heterocycles. The van der Waals surface area contributed by atoms with Gasteiger partial charge in [-0.05, 0) is 0 Å². The third-order valence-corrected chi connectivity index (χ3v) is 0.167. The Hall–Kier alpha value is 0.926. The van der Waals surface area contributed by atoms with Gasteiger partial charge >= 0.3 is 33.2 Å². The third-order valence-electron chi connectivity index (χ3n) is 0.167. The van der Waals surface area contributed by atoms with E-state index in [-0.39, 0.29) is 12.3 Å². The number of halogens is 2. The number of rotatable bonds is 1. The maximum absolute atomic E-state index is 4.90. The molecule has 0 aliphatic heterocycles. The van der Waals surface area contributed by atoms with Gasteiger partial charge < -0.3 is 23.8 Å². The van der Waals surface area contributed by atoms with Gasteiger partial charge in [0.15, 0.2) is 0 Å². The first kappa shape index (κ1) is 22.5. The van der Waals surface area contributed by atoms with E-state index in [1.165, 1.54) is 0 Å². The van der Waals surface area contributed by atoms with Gasteiger partial charge in [0.1, 0.15) is 0 Å². The topological polar surface area (TPSA) is 122 Å². The second kappa shape index (κ2) is 36.4. The molecule has 7 heteroatoms. The van der Waals surface area contributed by atoms with Crippen molar-refractivity contribution in [3.05, 3.63) is 0 Å². The van der Waals surface area contributed by atoms with Crippen LogP contribution < -0.4 is 23.8 Å². The van der Waals surface area contributed by atoms with Crippen molar-refractivity contribution in [2.24, 2.45) is 11.5 Å². The van der Waals surface area contributed by atoms with E-state index in [9.17, 15) is 0 Å². The van der Waals surface area contributed by atoms with Crippen LogP contribution in [0.5, 0.6) is 0 Å². The van der Waals surface area contributed by atoms with Gasteiger partial charge in [-0.25, -0.2) is 0 Å². The average molecular weight is 224 g/mol. The monoisotopic (exact) mass is 223 g/mol. The fourth-order valence-electron chi connectivity index (χ4n) is 0. The van der Waals surface area contributed by atoms with Gasteiger partial charge in [0, 0.05) is 13.1 Å². The second-order valence-electron chi connectivity index (χ2n) is 0.625. The van der Waals surface area contributed by atoms with Gasteiger partial charge in [0.25, 0.3) is 0 Å². The van der Waals surface area contributed by atoms with Crippen molar-refractivity contribution in [3.63, 3.8) is 0 Å². The molecule has 0 aliphatic rings. The van der Waals surface area contributed by atoms with Crippen molar-refractivity contribution in [2.75, 3.05) is 13.1 Å². The number of hydrogen-bond acceptors (Lipinski definition) is 4. The van der Waals surface area contributed by atoms with Crippen LogP contribution in [0.3, 0.4) is 0 Å². The van der Waals surface area contributed by atoms with Crippen LogP contribution in [0.2, 0.25) is 0 Å². The maximum atomic E-state index is 4.90. The molecular formula is C2H14Cl2CoN4+. The average Bonchev–Trinajstić information content (AvgIpc) is 1.69. The summed E-state index contributed by atoms with van der Waals surface area (Å²) in [4.78, 5) is 0. The van der Waals surface area contributed by atoms with Crippen LogP contribution in [-0.4, -0.2) is 13.1 Å². The fourth-order valence-corrected chi connectivity index (χ4v) is 0. The first-order chi connectivity index (χ1) is 3.33. The van der Waals surface area contributed by atoms with Gasteiger partial charge in [0.2, 0.25) is 0 Å². The zero-order chi connectivity index (χ0) is 6.12. The van der Waals surface area contributed by atoms with E-state index in [1.807, 2.05) is 0 Å². The molecule has 0 aromatic heterocycles. The SMILES string of the molecule is N.N.NCCN.[Cl][Co+][Cl]. The summed E-state index contributed by atoms with van der Waals surface area (Å²) < 4.78 is 0. The van der Waals surface area contributed by atoms with Crippen LogP contribution in [0.15, 0.2) is 0 Å². The quantitative estimate of drug-likeness (QED) is 0.520. The Kier molecular flexibility index (Phi) is 91.0. The first-order valence-electron chi connectivity index (χ1n) is 1.57.